The van der Waals surface area contributed by atoms with Crippen molar-refractivity contribution in [3.8, 4) is 0 Å². The van der Waals surface area contributed by atoms with Crippen molar-refractivity contribution in [2.45, 2.75) is 25.4 Å². The van der Waals surface area contributed by atoms with Crippen LogP contribution in [0, 0.1) is 0 Å². The van der Waals surface area contributed by atoms with E-state index in [1.165, 1.54) is 24.9 Å². The predicted octanol–water partition coefficient (Wildman–Crippen LogP) is 1.60. The van der Waals surface area contributed by atoms with E-state index in [-0.39, 0.29) is 0 Å². The number of rotatable bonds is 3. The Balaban J connectivity index is 1.66. The molecule has 1 aliphatic carbocycles. The van der Waals surface area contributed by atoms with Crippen molar-refractivity contribution in [3.05, 3.63) is 29.3 Å². The average Bonchev–Trinajstić information content (AvgIpc) is 2.87. The van der Waals surface area contributed by atoms with Crippen LogP contribution in [0.2, 0.25) is 0 Å². The first-order chi connectivity index (χ1) is 8.83. The highest BCUT2D eigenvalue weighted by atomic mass is 16.5. The van der Waals surface area contributed by atoms with Gasteiger partial charge in [0, 0.05) is 32.4 Å². The summed E-state index contributed by atoms with van der Waals surface area (Å²) in [6, 6.07) is 6.91. The maximum atomic E-state index is 5.76. The second-order valence-corrected chi connectivity index (χ2v) is 5.38. The summed E-state index contributed by atoms with van der Waals surface area (Å²) < 4.78 is 5.76. The molecule has 1 fully saturated rings. The third-order valence-electron chi connectivity index (χ3n) is 4.00. The molecule has 1 N–H and O–H groups in total. The van der Waals surface area contributed by atoms with Crippen LogP contribution in [-0.4, -0.2) is 39.4 Å². The van der Waals surface area contributed by atoms with Crippen LogP contribution in [0.15, 0.2) is 18.2 Å². The molecule has 1 aromatic rings. The Bertz CT molecular complexity index is 413. The molecule has 3 heteroatoms. The number of hydrogen-bond donors (Lipinski definition) is 1. The van der Waals surface area contributed by atoms with Crippen LogP contribution in [0.3, 0.4) is 0 Å². The minimum Gasteiger partial charge on any atom is -0.374 e. The Hall–Kier alpha value is -1.06. The van der Waals surface area contributed by atoms with E-state index in [2.05, 4.69) is 35.5 Å². The second-order valence-electron chi connectivity index (χ2n) is 5.38. The van der Waals surface area contributed by atoms with Crippen LogP contribution in [-0.2, 0) is 17.6 Å². The second kappa shape index (κ2) is 5.29. The van der Waals surface area contributed by atoms with Crippen molar-refractivity contribution < 1.29 is 4.74 Å². The van der Waals surface area contributed by atoms with Crippen molar-refractivity contribution in [1.29, 1.82) is 0 Å². The fourth-order valence-electron chi connectivity index (χ4n) is 2.94. The number of anilines is 1. The van der Waals surface area contributed by atoms with Crippen molar-refractivity contribution in [3.63, 3.8) is 0 Å². The van der Waals surface area contributed by atoms with E-state index in [4.69, 9.17) is 4.74 Å². The summed E-state index contributed by atoms with van der Waals surface area (Å²) in [5, 5.41) is 3.38. The number of ether oxygens (including phenoxy) is 1. The van der Waals surface area contributed by atoms with E-state index in [1.807, 2.05) is 0 Å². The van der Waals surface area contributed by atoms with Gasteiger partial charge in [-0.15, -0.1) is 0 Å². The first-order valence-electron chi connectivity index (χ1n) is 6.98. The zero-order chi connectivity index (χ0) is 12.4. The molecule has 1 atom stereocenters. The molecule has 0 saturated carbocycles. The summed E-state index contributed by atoms with van der Waals surface area (Å²) in [6.07, 6.45) is 4.14. The summed E-state index contributed by atoms with van der Waals surface area (Å²) in [4.78, 5) is 2.32. The lowest BCUT2D eigenvalue weighted by molar-refractivity contribution is 0.0340. The Morgan fingerprint density at radius 3 is 3.06 bits per heavy atom. The first kappa shape index (κ1) is 12.0. The predicted molar refractivity (Wildman–Crippen MR) is 74.3 cm³/mol. The van der Waals surface area contributed by atoms with Gasteiger partial charge in [0.25, 0.3) is 0 Å². The standard InChI is InChI=1S/C15H22N2O/c1-17(11-15-10-16-7-8-18-15)14-6-5-12-3-2-4-13(12)9-14/h5-6,9,15-16H,2-4,7-8,10-11H2,1H3. The summed E-state index contributed by atoms with van der Waals surface area (Å²) in [6.45, 7) is 3.75. The molecule has 98 valence electrons. The van der Waals surface area contributed by atoms with Gasteiger partial charge in [-0.2, -0.15) is 0 Å². The molecular weight excluding hydrogens is 224 g/mol. The maximum Gasteiger partial charge on any atom is 0.0874 e. The molecule has 0 spiro atoms. The fourth-order valence-corrected chi connectivity index (χ4v) is 2.94. The number of fused-ring (bicyclic) bond motifs is 1. The SMILES string of the molecule is CN(CC1CNCCO1)c1ccc2c(c1)CCC2. The van der Waals surface area contributed by atoms with Gasteiger partial charge in [-0.05, 0) is 42.5 Å². The minimum atomic E-state index is 0.317. The number of nitrogens with zero attached hydrogens (tertiary/aromatic N) is 1. The third kappa shape index (κ3) is 2.52. The zero-order valence-electron chi connectivity index (χ0n) is 11.1. The Kier molecular flexibility index (Phi) is 3.52. The highest BCUT2D eigenvalue weighted by molar-refractivity contribution is 5.51. The zero-order valence-corrected chi connectivity index (χ0v) is 11.1. The topological polar surface area (TPSA) is 24.5 Å². The van der Waals surface area contributed by atoms with Crippen molar-refractivity contribution in [2.75, 3.05) is 38.2 Å². The lowest BCUT2D eigenvalue weighted by Crippen LogP contribution is -2.44. The normalized spacial score (nSPS) is 22.8. The quantitative estimate of drug-likeness (QED) is 0.877. The molecule has 3 nitrogen and oxygen atoms in total. The van der Waals surface area contributed by atoms with Gasteiger partial charge in [0.15, 0.2) is 0 Å². The number of morpholine rings is 1. The van der Waals surface area contributed by atoms with Crippen LogP contribution in [0.4, 0.5) is 5.69 Å². The lowest BCUT2D eigenvalue weighted by Gasteiger charge is -2.29. The molecule has 2 aliphatic rings. The van der Waals surface area contributed by atoms with E-state index < -0.39 is 0 Å². The lowest BCUT2D eigenvalue weighted by atomic mass is 10.1. The molecule has 1 unspecified atom stereocenters. The van der Waals surface area contributed by atoms with Gasteiger partial charge in [0.1, 0.15) is 0 Å². The van der Waals surface area contributed by atoms with Gasteiger partial charge in [0.2, 0.25) is 0 Å². The summed E-state index contributed by atoms with van der Waals surface area (Å²) in [7, 11) is 2.16. The van der Waals surface area contributed by atoms with Crippen LogP contribution in [0.1, 0.15) is 17.5 Å². The molecule has 1 heterocycles. The van der Waals surface area contributed by atoms with Gasteiger partial charge >= 0.3 is 0 Å². The van der Waals surface area contributed by atoms with Crippen molar-refractivity contribution in [1.82, 2.24) is 5.32 Å². The molecular formula is C15H22N2O. The van der Waals surface area contributed by atoms with E-state index >= 15 is 0 Å². The van der Waals surface area contributed by atoms with E-state index in [0.29, 0.717) is 6.10 Å². The van der Waals surface area contributed by atoms with Crippen LogP contribution >= 0.6 is 0 Å². The molecule has 1 aromatic carbocycles. The van der Waals surface area contributed by atoms with Crippen molar-refractivity contribution >= 4 is 5.69 Å². The van der Waals surface area contributed by atoms with Gasteiger partial charge in [-0.25, -0.2) is 0 Å². The van der Waals surface area contributed by atoms with Gasteiger partial charge in [0.05, 0.1) is 12.7 Å². The van der Waals surface area contributed by atoms with E-state index in [9.17, 15) is 0 Å². The van der Waals surface area contributed by atoms with Crippen LogP contribution in [0.25, 0.3) is 0 Å². The van der Waals surface area contributed by atoms with Crippen molar-refractivity contribution in [2.24, 2.45) is 0 Å². The summed E-state index contributed by atoms with van der Waals surface area (Å²) in [5.41, 5.74) is 4.41. The monoisotopic (exact) mass is 246 g/mol. The number of aryl methyl sites for hydroxylation is 2. The Labute approximate surface area is 109 Å². The number of likely N-dealkylation sites (N-methyl/N-ethyl adjacent to an activating group) is 1. The summed E-state index contributed by atoms with van der Waals surface area (Å²) >= 11 is 0. The van der Waals surface area contributed by atoms with Gasteiger partial charge in [-0.3, -0.25) is 0 Å². The molecule has 1 aliphatic heterocycles. The Morgan fingerprint density at radius 1 is 1.33 bits per heavy atom. The average molecular weight is 246 g/mol. The maximum absolute atomic E-state index is 5.76. The van der Waals surface area contributed by atoms with E-state index in [1.54, 1.807) is 11.1 Å². The highest BCUT2D eigenvalue weighted by Crippen LogP contribution is 2.26. The Morgan fingerprint density at radius 2 is 2.22 bits per heavy atom. The first-order valence-corrected chi connectivity index (χ1v) is 6.98. The highest BCUT2D eigenvalue weighted by Gasteiger charge is 2.17. The molecule has 1 saturated heterocycles. The van der Waals surface area contributed by atoms with Gasteiger partial charge < -0.3 is 15.0 Å². The minimum absolute atomic E-state index is 0.317. The van der Waals surface area contributed by atoms with Crippen LogP contribution < -0.4 is 10.2 Å². The largest absolute Gasteiger partial charge is 0.374 e. The summed E-state index contributed by atoms with van der Waals surface area (Å²) in [5.74, 6) is 0. The molecule has 0 radical (unpaired) electrons. The van der Waals surface area contributed by atoms with Crippen LogP contribution in [0.5, 0.6) is 0 Å². The number of benzene rings is 1. The molecule has 0 bridgehead atoms. The molecule has 0 aromatic heterocycles. The number of nitrogens with one attached hydrogen (secondary N) is 1. The van der Waals surface area contributed by atoms with E-state index in [0.717, 1.165) is 26.2 Å². The smallest absolute Gasteiger partial charge is 0.0874 e. The third-order valence-corrected chi connectivity index (χ3v) is 4.00. The number of hydrogen-bond acceptors (Lipinski definition) is 3. The molecule has 0 amide bonds. The molecule has 18 heavy (non-hydrogen) atoms. The van der Waals surface area contributed by atoms with Gasteiger partial charge in [-0.1, -0.05) is 6.07 Å². The fraction of sp³-hybridized carbons (Fsp3) is 0.600. The molecule has 3 rings (SSSR count).